The fraction of sp³-hybridized carbons (Fsp3) is 0.231. The van der Waals surface area contributed by atoms with Crippen LogP contribution in [0.2, 0.25) is 0 Å². The lowest BCUT2D eigenvalue weighted by Gasteiger charge is -2.10. The standard InChI is InChI=1S/C39H38N2O3S2/c1-4-6-24-43-31-16-10-28(11-17-31)35-20-22-37(45-35)34-26-33(27-8-14-30(42-3)15-9-27)39(41-40-34)38-23-21-36(46-38)29-12-18-32(19-13-29)44-25-7-5-2/h8-23,26H,4-7,24-25H2,1-3H3. The van der Waals surface area contributed by atoms with Crippen LogP contribution in [0.25, 0.3) is 53.2 Å². The molecule has 3 aromatic carbocycles. The van der Waals surface area contributed by atoms with Crippen LogP contribution in [0.4, 0.5) is 0 Å². The maximum absolute atomic E-state index is 5.86. The van der Waals surface area contributed by atoms with Crippen LogP contribution in [-0.4, -0.2) is 30.5 Å². The largest absolute Gasteiger partial charge is 0.497 e. The highest BCUT2D eigenvalue weighted by atomic mass is 32.1. The summed E-state index contributed by atoms with van der Waals surface area (Å²) in [6, 6.07) is 35.6. The molecule has 0 fully saturated rings. The van der Waals surface area contributed by atoms with Gasteiger partial charge >= 0.3 is 0 Å². The molecule has 234 valence electrons. The van der Waals surface area contributed by atoms with Gasteiger partial charge in [0.15, 0.2) is 0 Å². The Labute approximate surface area is 279 Å². The van der Waals surface area contributed by atoms with Crippen LogP contribution in [0.5, 0.6) is 17.2 Å². The monoisotopic (exact) mass is 646 g/mol. The Hall–Kier alpha value is -4.46. The molecule has 0 amide bonds. The predicted molar refractivity (Wildman–Crippen MR) is 192 cm³/mol. The van der Waals surface area contributed by atoms with E-state index in [0.717, 1.165) is 99.5 Å². The molecule has 0 radical (unpaired) electrons. The van der Waals surface area contributed by atoms with Gasteiger partial charge in [-0.1, -0.05) is 38.8 Å². The molecule has 5 nitrogen and oxygen atoms in total. The molecule has 0 aliphatic heterocycles. The van der Waals surface area contributed by atoms with E-state index >= 15 is 0 Å². The average Bonchev–Trinajstić information content (AvgIpc) is 3.80. The minimum Gasteiger partial charge on any atom is -0.497 e. The summed E-state index contributed by atoms with van der Waals surface area (Å²) in [6.45, 7) is 5.83. The second-order valence-corrected chi connectivity index (χ2v) is 13.2. The Morgan fingerprint density at radius 2 is 1.00 bits per heavy atom. The van der Waals surface area contributed by atoms with Crippen molar-refractivity contribution in [1.82, 2.24) is 10.2 Å². The Kier molecular flexibility index (Phi) is 10.4. The van der Waals surface area contributed by atoms with E-state index < -0.39 is 0 Å². The van der Waals surface area contributed by atoms with Crippen molar-refractivity contribution in [3.8, 4) is 70.4 Å². The zero-order valence-electron chi connectivity index (χ0n) is 26.5. The van der Waals surface area contributed by atoms with Gasteiger partial charge in [-0.25, -0.2) is 0 Å². The number of nitrogens with zero attached hydrogens (tertiary/aromatic N) is 2. The van der Waals surface area contributed by atoms with E-state index in [9.17, 15) is 0 Å². The fourth-order valence-corrected chi connectivity index (χ4v) is 7.01. The highest BCUT2D eigenvalue weighted by Gasteiger charge is 2.17. The van der Waals surface area contributed by atoms with Gasteiger partial charge in [-0.2, -0.15) is 0 Å². The quantitative estimate of drug-likeness (QED) is 0.110. The van der Waals surface area contributed by atoms with E-state index in [1.807, 2.05) is 36.4 Å². The van der Waals surface area contributed by atoms with Gasteiger partial charge in [0.05, 0.1) is 30.1 Å². The van der Waals surface area contributed by atoms with Crippen molar-refractivity contribution >= 4 is 22.7 Å². The SMILES string of the molecule is CCCCOc1ccc(-c2ccc(-c3cc(-c4ccc(OC)cc4)c(-c4ccc(-c5ccc(OCCCC)cc5)s4)nn3)s2)cc1. The van der Waals surface area contributed by atoms with Crippen LogP contribution < -0.4 is 14.2 Å². The van der Waals surface area contributed by atoms with Crippen LogP contribution in [-0.2, 0) is 0 Å². The first-order chi connectivity index (χ1) is 22.6. The molecular weight excluding hydrogens is 609 g/mol. The summed E-state index contributed by atoms with van der Waals surface area (Å²) in [4.78, 5) is 4.49. The normalized spacial score (nSPS) is 11.0. The lowest BCUT2D eigenvalue weighted by Crippen LogP contribution is -1.95. The lowest BCUT2D eigenvalue weighted by atomic mass is 10.0. The molecule has 0 saturated carbocycles. The van der Waals surface area contributed by atoms with Gasteiger partial charge in [0.1, 0.15) is 28.6 Å². The van der Waals surface area contributed by atoms with E-state index in [1.54, 1.807) is 29.8 Å². The molecule has 0 unspecified atom stereocenters. The summed E-state index contributed by atoms with van der Waals surface area (Å²) < 4.78 is 17.1. The number of benzene rings is 3. The van der Waals surface area contributed by atoms with E-state index in [0.29, 0.717) is 0 Å². The molecule has 0 N–H and O–H groups in total. The predicted octanol–water partition coefficient (Wildman–Crippen LogP) is 11.3. The number of hydrogen-bond donors (Lipinski definition) is 0. The Bertz CT molecular complexity index is 1840. The third-order valence-electron chi connectivity index (χ3n) is 7.70. The molecule has 0 aliphatic rings. The van der Waals surface area contributed by atoms with E-state index in [2.05, 4.69) is 80.6 Å². The van der Waals surface area contributed by atoms with Crippen LogP contribution in [0.15, 0.2) is 103 Å². The highest BCUT2D eigenvalue weighted by molar-refractivity contribution is 7.19. The number of rotatable bonds is 14. The molecule has 3 heterocycles. The van der Waals surface area contributed by atoms with Gasteiger partial charge in [0.2, 0.25) is 0 Å². The van der Waals surface area contributed by atoms with Crippen molar-refractivity contribution in [3.63, 3.8) is 0 Å². The van der Waals surface area contributed by atoms with Gasteiger partial charge in [0, 0.05) is 15.3 Å². The number of unbranched alkanes of at least 4 members (excludes halogenated alkanes) is 2. The maximum atomic E-state index is 5.86. The number of hydrogen-bond acceptors (Lipinski definition) is 7. The van der Waals surface area contributed by atoms with Gasteiger partial charge < -0.3 is 14.2 Å². The molecule has 6 aromatic rings. The molecule has 46 heavy (non-hydrogen) atoms. The van der Waals surface area contributed by atoms with Gasteiger partial charge in [0.25, 0.3) is 0 Å². The summed E-state index contributed by atoms with van der Waals surface area (Å²) in [5.74, 6) is 2.63. The van der Waals surface area contributed by atoms with E-state index in [1.165, 1.54) is 9.75 Å². The number of methoxy groups -OCH3 is 1. The summed E-state index contributed by atoms with van der Waals surface area (Å²) in [5, 5.41) is 9.58. The minimum atomic E-state index is 0.746. The van der Waals surface area contributed by atoms with Crippen LogP contribution in [0, 0.1) is 0 Å². The van der Waals surface area contributed by atoms with Crippen molar-refractivity contribution in [3.05, 3.63) is 103 Å². The number of thiophene rings is 2. The molecule has 0 saturated heterocycles. The molecule has 0 atom stereocenters. The fourth-order valence-electron chi connectivity index (χ4n) is 5.04. The summed E-state index contributed by atoms with van der Waals surface area (Å²) in [7, 11) is 1.69. The summed E-state index contributed by atoms with van der Waals surface area (Å²) in [5.41, 5.74) is 6.11. The molecule has 0 bridgehead atoms. The van der Waals surface area contributed by atoms with Gasteiger partial charge in [-0.05, 0) is 121 Å². The van der Waals surface area contributed by atoms with Crippen molar-refractivity contribution < 1.29 is 14.2 Å². The zero-order valence-corrected chi connectivity index (χ0v) is 28.1. The Balaban J connectivity index is 1.28. The Morgan fingerprint density at radius 3 is 1.54 bits per heavy atom. The molecule has 0 aliphatic carbocycles. The van der Waals surface area contributed by atoms with Gasteiger partial charge in [-0.3, -0.25) is 0 Å². The number of ether oxygens (including phenoxy) is 3. The highest BCUT2D eigenvalue weighted by Crippen LogP contribution is 2.41. The average molecular weight is 647 g/mol. The topological polar surface area (TPSA) is 53.5 Å². The van der Waals surface area contributed by atoms with E-state index in [-0.39, 0.29) is 0 Å². The van der Waals surface area contributed by atoms with Crippen molar-refractivity contribution in [2.45, 2.75) is 39.5 Å². The van der Waals surface area contributed by atoms with Crippen molar-refractivity contribution in [1.29, 1.82) is 0 Å². The third kappa shape index (κ3) is 7.49. The van der Waals surface area contributed by atoms with Crippen LogP contribution in [0.3, 0.4) is 0 Å². The first-order valence-electron chi connectivity index (χ1n) is 15.8. The van der Waals surface area contributed by atoms with Gasteiger partial charge in [-0.15, -0.1) is 32.9 Å². The molecular formula is C39H38N2O3S2. The third-order valence-corrected chi connectivity index (χ3v) is 10.0. The number of aromatic nitrogens is 2. The first-order valence-corrected chi connectivity index (χ1v) is 17.5. The molecule has 0 spiro atoms. The summed E-state index contributed by atoms with van der Waals surface area (Å²) in [6.07, 6.45) is 4.36. The molecule has 3 aromatic heterocycles. The van der Waals surface area contributed by atoms with Crippen molar-refractivity contribution in [2.24, 2.45) is 0 Å². The molecule has 7 heteroatoms. The summed E-state index contributed by atoms with van der Waals surface area (Å²) >= 11 is 3.43. The second-order valence-electron chi connectivity index (χ2n) is 11.0. The molecule has 6 rings (SSSR count). The zero-order chi connectivity index (χ0) is 31.7. The van der Waals surface area contributed by atoms with Crippen LogP contribution >= 0.6 is 22.7 Å². The maximum Gasteiger partial charge on any atom is 0.119 e. The van der Waals surface area contributed by atoms with E-state index in [4.69, 9.17) is 24.4 Å². The second kappa shape index (κ2) is 15.2. The minimum absolute atomic E-state index is 0.746. The van der Waals surface area contributed by atoms with Crippen molar-refractivity contribution in [2.75, 3.05) is 20.3 Å². The first kappa shape index (κ1) is 31.5. The Morgan fingerprint density at radius 1 is 0.522 bits per heavy atom. The lowest BCUT2D eigenvalue weighted by molar-refractivity contribution is 0.309. The smallest absolute Gasteiger partial charge is 0.119 e. The van der Waals surface area contributed by atoms with Crippen LogP contribution in [0.1, 0.15) is 39.5 Å².